The minimum absolute atomic E-state index is 0.0191. The van der Waals surface area contributed by atoms with Crippen molar-refractivity contribution < 1.29 is 9.50 Å². The maximum absolute atomic E-state index is 13.0. The van der Waals surface area contributed by atoms with Crippen molar-refractivity contribution in [2.45, 2.75) is 19.4 Å². The summed E-state index contributed by atoms with van der Waals surface area (Å²) in [5.74, 6) is -0.413. The maximum atomic E-state index is 13.0. The third-order valence-corrected chi connectivity index (χ3v) is 2.48. The van der Waals surface area contributed by atoms with Crippen LogP contribution in [0.4, 0.5) is 4.39 Å². The quantitative estimate of drug-likeness (QED) is 0.715. The molecule has 0 atom stereocenters. The number of hydrogen-bond donors (Lipinski definition) is 2. The molecule has 0 spiro atoms. The smallest absolute Gasteiger partial charge is 0.127 e. The van der Waals surface area contributed by atoms with E-state index in [-0.39, 0.29) is 5.75 Å². The van der Waals surface area contributed by atoms with E-state index in [1.807, 2.05) is 0 Å². The summed E-state index contributed by atoms with van der Waals surface area (Å²) in [5.41, 5.74) is 0.773. The molecule has 0 saturated carbocycles. The standard InChI is InChI=1S/C13H21FN2O/c1-16(2)6-4-3-5-15-10-11-7-12(14)9-13(17)8-11/h7-9,15,17H,3-6,10H2,1-2H3. The molecule has 0 bridgehead atoms. The maximum Gasteiger partial charge on any atom is 0.127 e. The van der Waals surface area contributed by atoms with Gasteiger partial charge in [0.1, 0.15) is 11.6 Å². The Hall–Kier alpha value is -1.13. The van der Waals surface area contributed by atoms with Gasteiger partial charge in [0, 0.05) is 12.6 Å². The number of halogens is 1. The van der Waals surface area contributed by atoms with Crippen molar-refractivity contribution in [2.24, 2.45) is 0 Å². The van der Waals surface area contributed by atoms with Gasteiger partial charge in [0.25, 0.3) is 0 Å². The lowest BCUT2D eigenvalue weighted by molar-refractivity contribution is 0.391. The van der Waals surface area contributed by atoms with Gasteiger partial charge in [-0.3, -0.25) is 0 Å². The molecule has 0 aromatic heterocycles. The van der Waals surface area contributed by atoms with E-state index in [1.165, 1.54) is 6.07 Å². The van der Waals surface area contributed by atoms with Gasteiger partial charge in [0.2, 0.25) is 0 Å². The number of hydrogen-bond acceptors (Lipinski definition) is 3. The minimum atomic E-state index is -0.394. The first-order valence-electron chi connectivity index (χ1n) is 5.92. The fourth-order valence-corrected chi connectivity index (χ4v) is 1.65. The molecule has 0 heterocycles. The Morgan fingerprint density at radius 1 is 1.24 bits per heavy atom. The molecule has 3 nitrogen and oxygen atoms in total. The van der Waals surface area contributed by atoms with Crippen molar-refractivity contribution in [1.82, 2.24) is 10.2 Å². The number of aromatic hydroxyl groups is 1. The van der Waals surface area contributed by atoms with Crippen LogP contribution in [0, 0.1) is 5.82 Å². The zero-order valence-corrected chi connectivity index (χ0v) is 10.5. The Morgan fingerprint density at radius 3 is 2.65 bits per heavy atom. The van der Waals surface area contributed by atoms with E-state index in [2.05, 4.69) is 24.3 Å². The first-order valence-corrected chi connectivity index (χ1v) is 5.92. The van der Waals surface area contributed by atoms with Crippen LogP contribution in [-0.4, -0.2) is 37.2 Å². The van der Waals surface area contributed by atoms with Gasteiger partial charge in [0.05, 0.1) is 0 Å². The van der Waals surface area contributed by atoms with E-state index in [1.54, 1.807) is 6.07 Å². The van der Waals surface area contributed by atoms with Gasteiger partial charge in [-0.2, -0.15) is 0 Å². The van der Waals surface area contributed by atoms with E-state index in [0.29, 0.717) is 6.54 Å². The van der Waals surface area contributed by atoms with Crippen LogP contribution in [0.2, 0.25) is 0 Å². The lowest BCUT2D eigenvalue weighted by Gasteiger charge is -2.09. The second kappa shape index (κ2) is 7.25. The number of rotatable bonds is 7. The van der Waals surface area contributed by atoms with Crippen LogP contribution in [0.25, 0.3) is 0 Å². The fourth-order valence-electron chi connectivity index (χ4n) is 1.65. The zero-order chi connectivity index (χ0) is 12.7. The molecule has 0 aliphatic carbocycles. The van der Waals surface area contributed by atoms with Crippen LogP contribution in [0.1, 0.15) is 18.4 Å². The number of phenols is 1. The Bertz CT molecular complexity index is 322. The van der Waals surface area contributed by atoms with Gasteiger partial charge in [-0.25, -0.2) is 4.39 Å². The molecule has 1 aromatic rings. The number of unbranched alkanes of at least 4 members (excludes halogenated alkanes) is 1. The number of nitrogens with zero attached hydrogens (tertiary/aromatic N) is 1. The van der Waals surface area contributed by atoms with Crippen LogP contribution in [0.3, 0.4) is 0 Å². The first kappa shape index (κ1) is 13.9. The molecule has 2 N–H and O–H groups in total. The van der Waals surface area contributed by atoms with Gasteiger partial charge in [0.15, 0.2) is 0 Å². The average Bonchev–Trinajstić information content (AvgIpc) is 2.21. The van der Waals surface area contributed by atoms with Gasteiger partial charge in [-0.05, 0) is 57.7 Å². The molecular weight excluding hydrogens is 219 g/mol. The largest absolute Gasteiger partial charge is 0.508 e. The van der Waals surface area contributed by atoms with Crippen molar-refractivity contribution in [1.29, 1.82) is 0 Å². The summed E-state index contributed by atoms with van der Waals surface area (Å²) in [7, 11) is 4.12. The zero-order valence-electron chi connectivity index (χ0n) is 10.5. The molecule has 0 aliphatic heterocycles. The minimum Gasteiger partial charge on any atom is -0.508 e. The Balaban J connectivity index is 2.18. The summed E-state index contributed by atoms with van der Waals surface area (Å²) in [6.45, 7) is 2.58. The SMILES string of the molecule is CN(C)CCCCNCc1cc(O)cc(F)c1. The molecule has 0 saturated heterocycles. The number of nitrogens with one attached hydrogen (secondary N) is 1. The molecule has 0 fully saturated rings. The van der Waals surface area contributed by atoms with Gasteiger partial charge >= 0.3 is 0 Å². The normalized spacial score (nSPS) is 11.1. The average molecular weight is 240 g/mol. The molecule has 1 aromatic carbocycles. The molecule has 0 radical (unpaired) electrons. The van der Waals surface area contributed by atoms with E-state index in [9.17, 15) is 9.50 Å². The summed E-state index contributed by atoms with van der Waals surface area (Å²) in [5, 5.41) is 12.5. The van der Waals surface area contributed by atoms with Crippen LogP contribution in [0.15, 0.2) is 18.2 Å². The monoisotopic (exact) mass is 240 g/mol. The predicted molar refractivity (Wildman–Crippen MR) is 67.6 cm³/mol. The molecule has 1 rings (SSSR count). The number of phenolic OH excluding ortho intramolecular Hbond substituents is 1. The molecule has 0 unspecified atom stereocenters. The summed E-state index contributed by atoms with van der Waals surface area (Å²) in [6.07, 6.45) is 2.24. The lowest BCUT2D eigenvalue weighted by Crippen LogP contribution is -2.18. The molecule has 96 valence electrons. The van der Waals surface area contributed by atoms with Gasteiger partial charge in [-0.15, -0.1) is 0 Å². The topological polar surface area (TPSA) is 35.5 Å². The molecule has 4 heteroatoms. The number of benzene rings is 1. The highest BCUT2D eigenvalue weighted by atomic mass is 19.1. The van der Waals surface area contributed by atoms with Crippen molar-refractivity contribution in [2.75, 3.05) is 27.2 Å². The molecular formula is C13H21FN2O. The summed E-state index contributed by atoms with van der Waals surface area (Å²) in [6, 6.07) is 4.13. The van der Waals surface area contributed by atoms with Crippen molar-refractivity contribution in [3.8, 4) is 5.75 Å². The second-order valence-corrected chi connectivity index (χ2v) is 4.50. The third kappa shape index (κ3) is 6.24. The Morgan fingerprint density at radius 2 is 2.00 bits per heavy atom. The van der Waals surface area contributed by atoms with Crippen LogP contribution >= 0.6 is 0 Å². The fraction of sp³-hybridized carbons (Fsp3) is 0.538. The van der Waals surface area contributed by atoms with Gasteiger partial charge in [-0.1, -0.05) is 0 Å². The molecule has 0 amide bonds. The predicted octanol–water partition coefficient (Wildman–Crippen LogP) is 1.96. The van der Waals surface area contributed by atoms with E-state index < -0.39 is 5.82 Å². The highest BCUT2D eigenvalue weighted by Crippen LogP contribution is 2.14. The Labute approximate surface area is 102 Å². The van der Waals surface area contributed by atoms with Gasteiger partial charge < -0.3 is 15.3 Å². The summed E-state index contributed by atoms with van der Waals surface area (Å²) in [4.78, 5) is 2.16. The van der Waals surface area contributed by atoms with Crippen molar-refractivity contribution in [3.05, 3.63) is 29.6 Å². The lowest BCUT2D eigenvalue weighted by atomic mass is 10.2. The first-order chi connectivity index (χ1) is 8.08. The van der Waals surface area contributed by atoms with Crippen molar-refractivity contribution >= 4 is 0 Å². The summed E-state index contributed by atoms with van der Waals surface area (Å²) >= 11 is 0. The molecule has 0 aliphatic rings. The van der Waals surface area contributed by atoms with E-state index in [0.717, 1.165) is 37.6 Å². The Kier molecular flexibility index (Phi) is 5.94. The van der Waals surface area contributed by atoms with Crippen LogP contribution < -0.4 is 5.32 Å². The highest BCUT2D eigenvalue weighted by Gasteiger charge is 1.99. The van der Waals surface area contributed by atoms with E-state index >= 15 is 0 Å². The van der Waals surface area contributed by atoms with Crippen molar-refractivity contribution in [3.63, 3.8) is 0 Å². The molecule has 17 heavy (non-hydrogen) atoms. The second-order valence-electron chi connectivity index (χ2n) is 4.50. The highest BCUT2D eigenvalue weighted by molar-refractivity contribution is 5.28. The van der Waals surface area contributed by atoms with Crippen LogP contribution in [-0.2, 0) is 6.54 Å². The third-order valence-electron chi connectivity index (χ3n) is 2.48. The van der Waals surface area contributed by atoms with E-state index in [4.69, 9.17) is 0 Å². The summed E-state index contributed by atoms with van der Waals surface area (Å²) < 4.78 is 13.0. The van der Waals surface area contributed by atoms with Crippen LogP contribution in [0.5, 0.6) is 5.75 Å².